The molecule has 1 aliphatic carbocycles. The maximum Gasteiger partial charge on any atom is 0.0949 e. The van der Waals surface area contributed by atoms with Crippen LogP contribution in [0.15, 0.2) is 18.7 Å². The van der Waals surface area contributed by atoms with Crippen LogP contribution in [0.25, 0.3) is 0 Å². The van der Waals surface area contributed by atoms with E-state index in [9.17, 15) is 0 Å². The monoisotopic (exact) mass is 262 g/mol. The molecular weight excluding hydrogens is 236 g/mol. The third-order valence-electron chi connectivity index (χ3n) is 4.92. The van der Waals surface area contributed by atoms with Crippen LogP contribution in [0.1, 0.15) is 44.6 Å². The van der Waals surface area contributed by atoms with Gasteiger partial charge in [-0.1, -0.05) is 6.42 Å². The standard InChI is InChI=1S/C15H26N4/c1-18-9-3-2-5-13(18)11-17-14-6-4-7-15(14)19-10-8-16-12-19/h8,10,12-15,17H,2-7,9,11H2,1H3. The number of piperidine rings is 1. The van der Waals surface area contributed by atoms with E-state index < -0.39 is 0 Å². The van der Waals surface area contributed by atoms with Gasteiger partial charge in [0, 0.05) is 37.1 Å². The summed E-state index contributed by atoms with van der Waals surface area (Å²) in [4.78, 5) is 6.72. The van der Waals surface area contributed by atoms with Gasteiger partial charge in [0.1, 0.15) is 0 Å². The van der Waals surface area contributed by atoms with Crippen molar-refractivity contribution in [2.45, 2.75) is 56.7 Å². The average Bonchev–Trinajstić information content (AvgIpc) is 3.08. The summed E-state index contributed by atoms with van der Waals surface area (Å²) in [5.41, 5.74) is 0. The van der Waals surface area contributed by atoms with Crippen molar-refractivity contribution in [3.8, 4) is 0 Å². The van der Waals surface area contributed by atoms with Crippen molar-refractivity contribution in [2.75, 3.05) is 20.1 Å². The van der Waals surface area contributed by atoms with Crippen molar-refractivity contribution in [2.24, 2.45) is 0 Å². The third-order valence-corrected chi connectivity index (χ3v) is 4.92. The molecule has 0 amide bonds. The van der Waals surface area contributed by atoms with E-state index in [2.05, 4.69) is 33.0 Å². The van der Waals surface area contributed by atoms with Crippen LogP contribution in [0.4, 0.5) is 0 Å². The Morgan fingerprint density at radius 1 is 1.21 bits per heavy atom. The van der Waals surface area contributed by atoms with E-state index in [0.717, 1.165) is 12.6 Å². The third kappa shape index (κ3) is 3.00. The molecule has 3 unspecified atom stereocenters. The van der Waals surface area contributed by atoms with E-state index in [0.29, 0.717) is 12.1 Å². The highest BCUT2D eigenvalue weighted by atomic mass is 15.2. The first-order valence-corrected chi connectivity index (χ1v) is 7.75. The first-order valence-electron chi connectivity index (χ1n) is 7.75. The van der Waals surface area contributed by atoms with Crippen LogP contribution in [0.5, 0.6) is 0 Å². The van der Waals surface area contributed by atoms with Crippen molar-refractivity contribution in [1.82, 2.24) is 19.8 Å². The molecule has 1 saturated heterocycles. The van der Waals surface area contributed by atoms with Crippen LogP contribution < -0.4 is 5.32 Å². The zero-order valence-electron chi connectivity index (χ0n) is 12.0. The fraction of sp³-hybridized carbons (Fsp3) is 0.800. The Kier molecular flexibility index (Phi) is 4.18. The number of aromatic nitrogens is 2. The van der Waals surface area contributed by atoms with Gasteiger partial charge in [0.25, 0.3) is 0 Å². The largest absolute Gasteiger partial charge is 0.333 e. The van der Waals surface area contributed by atoms with Crippen LogP contribution >= 0.6 is 0 Å². The second-order valence-corrected chi connectivity index (χ2v) is 6.15. The van der Waals surface area contributed by atoms with Crippen LogP contribution in [0.3, 0.4) is 0 Å². The molecule has 1 saturated carbocycles. The van der Waals surface area contributed by atoms with Gasteiger partial charge in [-0.25, -0.2) is 4.98 Å². The van der Waals surface area contributed by atoms with E-state index in [1.54, 1.807) is 0 Å². The van der Waals surface area contributed by atoms with Crippen molar-refractivity contribution in [1.29, 1.82) is 0 Å². The summed E-state index contributed by atoms with van der Waals surface area (Å²) < 4.78 is 2.29. The van der Waals surface area contributed by atoms with E-state index in [4.69, 9.17) is 0 Å². The van der Waals surface area contributed by atoms with Crippen molar-refractivity contribution < 1.29 is 0 Å². The Morgan fingerprint density at radius 3 is 2.95 bits per heavy atom. The normalized spacial score (nSPS) is 32.8. The number of nitrogens with zero attached hydrogens (tertiary/aromatic N) is 3. The molecule has 2 fully saturated rings. The smallest absolute Gasteiger partial charge is 0.0949 e. The van der Waals surface area contributed by atoms with Gasteiger partial charge in [-0.2, -0.15) is 0 Å². The minimum Gasteiger partial charge on any atom is -0.333 e. The fourth-order valence-electron chi connectivity index (χ4n) is 3.69. The zero-order valence-corrected chi connectivity index (χ0v) is 12.0. The highest BCUT2D eigenvalue weighted by molar-refractivity contribution is 4.92. The number of likely N-dealkylation sites (tertiary alicyclic amines) is 1. The lowest BCUT2D eigenvalue weighted by Crippen LogP contribution is -2.46. The minimum atomic E-state index is 0.608. The molecule has 0 radical (unpaired) electrons. The van der Waals surface area contributed by atoms with Gasteiger partial charge >= 0.3 is 0 Å². The molecule has 0 bridgehead atoms. The molecule has 1 aliphatic heterocycles. The predicted molar refractivity (Wildman–Crippen MR) is 77.2 cm³/mol. The molecule has 3 atom stereocenters. The zero-order chi connectivity index (χ0) is 13.1. The highest BCUT2D eigenvalue weighted by Crippen LogP contribution is 2.30. The fourth-order valence-corrected chi connectivity index (χ4v) is 3.69. The number of imidazole rings is 1. The number of hydrogen-bond acceptors (Lipinski definition) is 3. The highest BCUT2D eigenvalue weighted by Gasteiger charge is 2.29. The van der Waals surface area contributed by atoms with Gasteiger partial charge in [0.15, 0.2) is 0 Å². The summed E-state index contributed by atoms with van der Waals surface area (Å²) >= 11 is 0. The maximum absolute atomic E-state index is 4.19. The lowest BCUT2D eigenvalue weighted by molar-refractivity contribution is 0.175. The number of hydrogen-bond donors (Lipinski definition) is 1. The van der Waals surface area contributed by atoms with Crippen molar-refractivity contribution >= 4 is 0 Å². The summed E-state index contributed by atoms with van der Waals surface area (Å²) in [6.07, 6.45) is 14.0. The molecule has 106 valence electrons. The lowest BCUT2D eigenvalue weighted by atomic mass is 10.0. The van der Waals surface area contributed by atoms with Gasteiger partial charge in [-0.15, -0.1) is 0 Å². The maximum atomic E-state index is 4.19. The molecule has 19 heavy (non-hydrogen) atoms. The number of nitrogens with one attached hydrogen (secondary N) is 1. The van der Waals surface area contributed by atoms with Crippen LogP contribution in [0, 0.1) is 0 Å². The molecule has 2 aliphatic rings. The Bertz CT molecular complexity index is 376. The quantitative estimate of drug-likeness (QED) is 0.901. The van der Waals surface area contributed by atoms with E-state index >= 15 is 0 Å². The molecule has 1 aromatic heterocycles. The average molecular weight is 262 g/mol. The van der Waals surface area contributed by atoms with Gasteiger partial charge in [-0.3, -0.25) is 0 Å². The number of rotatable bonds is 4. The summed E-state index contributed by atoms with van der Waals surface area (Å²) in [6, 6.07) is 1.97. The summed E-state index contributed by atoms with van der Waals surface area (Å²) in [5, 5.41) is 3.83. The molecule has 4 nitrogen and oxygen atoms in total. The molecule has 3 rings (SSSR count). The van der Waals surface area contributed by atoms with Crippen LogP contribution in [-0.4, -0.2) is 46.7 Å². The van der Waals surface area contributed by atoms with Gasteiger partial charge < -0.3 is 14.8 Å². The Balaban J connectivity index is 1.54. The van der Waals surface area contributed by atoms with Gasteiger partial charge in [0.05, 0.1) is 6.33 Å². The molecular formula is C15H26N4. The second-order valence-electron chi connectivity index (χ2n) is 6.15. The van der Waals surface area contributed by atoms with Gasteiger partial charge in [0.2, 0.25) is 0 Å². The molecule has 1 N–H and O–H groups in total. The summed E-state index contributed by atoms with van der Waals surface area (Å²) in [7, 11) is 2.27. The molecule has 0 spiro atoms. The number of likely N-dealkylation sites (N-methyl/N-ethyl adjacent to an activating group) is 1. The molecule has 2 heterocycles. The van der Waals surface area contributed by atoms with Crippen LogP contribution in [0.2, 0.25) is 0 Å². The molecule has 1 aromatic rings. The first-order chi connectivity index (χ1) is 9.34. The second kappa shape index (κ2) is 6.06. The van der Waals surface area contributed by atoms with Crippen molar-refractivity contribution in [3.05, 3.63) is 18.7 Å². The van der Waals surface area contributed by atoms with Crippen molar-refractivity contribution in [3.63, 3.8) is 0 Å². The molecule has 0 aromatic carbocycles. The lowest BCUT2D eigenvalue weighted by Gasteiger charge is -2.34. The molecule has 4 heteroatoms. The predicted octanol–water partition coefficient (Wildman–Crippen LogP) is 2.05. The summed E-state index contributed by atoms with van der Waals surface area (Å²) in [6.45, 7) is 2.41. The van der Waals surface area contributed by atoms with E-state index in [-0.39, 0.29) is 0 Å². The SMILES string of the molecule is CN1CCCCC1CNC1CCCC1n1ccnc1. The van der Waals surface area contributed by atoms with Crippen LogP contribution in [-0.2, 0) is 0 Å². The summed E-state index contributed by atoms with van der Waals surface area (Å²) in [5.74, 6) is 0. The topological polar surface area (TPSA) is 33.1 Å². The van der Waals surface area contributed by atoms with Gasteiger partial charge in [-0.05, 0) is 45.7 Å². The van der Waals surface area contributed by atoms with E-state index in [1.807, 2.05) is 12.5 Å². The minimum absolute atomic E-state index is 0.608. The Hall–Kier alpha value is -0.870. The first kappa shape index (κ1) is 13.1. The van der Waals surface area contributed by atoms with E-state index in [1.165, 1.54) is 45.1 Å². The Labute approximate surface area is 116 Å². The Morgan fingerprint density at radius 2 is 2.16 bits per heavy atom.